The molecule has 3 unspecified atom stereocenters. The smallest absolute Gasteiger partial charge is 0.462 e. The summed E-state index contributed by atoms with van der Waals surface area (Å²) in [5, 5.41) is 60.5. The van der Waals surface area contributed by atoms with Gasteiger partial charge in [-0.2, -0.15) is 0 Å². The molecule has 0 heterocycles. The van der Waals surface area contributed by atoms with Crippen LogP contribution in [0.15, 0.2) is 122 Å². The molecule has 66 heavy (non-hydrogen) atoms. The zero-order valence-corrected chi connectivity index (χ0v) is 39.9. The second kappa shape index (κ2) is 39.2. The molecule has 0 aromatic rings. The molecule has 1 rings (SSSR count). The topological polar surface area (TPSA) is 230 Å². The zero-order chi connectivity index (χ0) is 48.7. The van der Waals surface area contributed by atoms with Crippen molar-refractivity contribution in [2.45, 2.75) is 172 Å². The number of aliphatic hydroxyl groups is 6. The summed E-state index contributed by atoms with van der Waals surface area (Å²) in [6.45, 7) is 2.91. The molecule has 0 radical (unpaired) electrons. The molecule has 0 aromatic carbocycles. The van der Waals surface area contributed by atoms with Crippen molar-refractivity contribution in [3.63, 3.8) is 0 Å². The van der Waals surface area contributed by atoms with Gasteiger partial charge in [-0.05, 0) is 83.5 Å². The Labute approximate surface area is 393 Å². The van der Waals surface area contributed by atoms with Crippen LogP contribution in [0.4, 0.5) is 0 Å². The van der Waals surface area contributed by atoms with Gasteiger partial charge in [0.1, 0.15) is 43.2 Å². The molecule has 1 fully saturated rings. The van der Waals surface area contributed by atoms with Crippen molar-refractivity contribution in [1.82, 2.24) is 0 Å². The Balaban J connectivity index is 2.61. The van der Waals surface area contributed by atoms with E-state index >= 15 is 0 Å². The van der Waals surface area contributed by atoms with Gasteiger partial charge in [0.2, 0.25) is 0 Å². The van der Waals surface area contributed by atoms with Crippen molar-refractivity contribution in [2.24, 2.45) is 0 Å². The van der Waals surface area contributed by atoms with Crippen LogP contribution in [-0.2, 0) is 32.7 Å². The monoisotopic (exact) mass is 947 g/mol. The van der Waals surface area contributed by atoms with E-state index in [2.05, 4.69) is 86.8 Å². The quantitative estimate of drug-likeness (QED) is 0.0103. The lowest BCUT2D eigenvalue weighted by Gasteiger charge is -2.41. The van der Waals surface area contributed by atoms with Crippen molar-refractivity contribution >= 4 is 19.8 Å². The molecule has 7 N–H and O–H groups in total. The molecule has 15 heteroatoms. The average molecular weight is 947 g/mol. The third kappa shape index (κ3) is 31.2. The van der Waals surface area contributed by atoms with E-state index in [9.17, 15) is 49.7 Å². The molecule has 0 aliphatic heterocycles. The predicted molar refractivity (Wildman–Crippen MR) is 259 cm³/mol. The molecule has 1 aliphatic carbocycles. The van der Waals surface area contributed by atoms with Crippen LogP contribution < -0.4 is 0 Å². The Morgan fingerprint density at radius 2 is 1.05 bits per heavy atom. The number of phosphoric ester groups is 1. The Hall–Kier alpha value is -3.79. The average Bonchev–Trinajstić information content (AvgIpc) is 3.29. The van der Waals surface area contributed by atoms with Gasteiger partial charge in [-0.3, -0.25) is 18.6 Å². The predicted octanol–water partition coefficient (Wildman–Crippen LogP) is 8.36. The molecule has 1 aliphatic rings. The van der Waals surface area contributed by atoms with Crippen molar-refractivity contribution in [1.29, 1.82) is 0 Å². The molecule has 0 spiro atoms. The number of hydrogen-bond acceptors (Lipinski definition) is 13. The highest BCUT2D eigenvalue weighted by atomic mass is 31.2. The van der Waals surface area contributed by atoms with Gasteiger partial charge in [0, 0.05) is 12.8 Å². The normalized spacial score (nSPS) is 22.9. The van der Waals surface area contributed by atoms with Crippen LogP contribution in [0.5, 0.6) is 0 Å². The van der Waals surface area contributed by atoms with E-state index in [1.54, 1.807) is 18.2 Å². The van der Waals surface area contributed by atoms with Gasteiger partial charge in [0.15, 0.2) is 6.10 Å². The molecule has 0 bridgehead atoms. The van der Waals surface area contributed by atoms with Crippen LogP contribution in [0.25, 0.3) is 0 Å². The van der Waals surface area contributed by atoms with Gasteiger partial charge in [-0.25, -0.2) is 4.57 Å². The number of aliphatic hydroxyl groups excluding tert-OH is 6. The maximum absolute atomic E-state index is 12.8. The van der Waals surface area contributed by atoms with Crippen LogP contribution in [0.2, 0.25) is 0 Å². The SMILES string of the molecule is CC/C=C\C/C=C\C/C=C\C/C=C\C/C=C\C/C=C\CCC(=O)O[C@H](COC(=O)CCC[C@H](O)/C=C/C=C\C/C=C\C/C=C\CCCCC)COP(=O)(O)OC1[C@H](O)[C@H](O)C(O)[C@H](O)[C@H]1O. The van der Waals surface area contributed by atoms with Crippen LogP contribution in [0.1, 0.15) is 123 Å². The molecular formula is C51H79O14P. The van der Waals surface area contributed by atoms with Crippen molar-refractivity contribution in [3.8, 4) is 0 Å². The van der Waals surface area contributed by atoms with Gasteiger partial charge >= 0.3 is 19.8 Å². The van der Waals surface area contributed by atoms with Gasteiger partial charge in [0.05, 0.1) is 12.7 Å². The summed E-state index contributed by atoms with van der Waals surface area (Å²) in [6, 6.07) is 0. The first-order valence-corrected chi connectivity index (χ1v) is 24.9. The summed E-state index contributed by atoms with van der Waals surface area (Å²) in [4.78, 5) is 35.7. The van der Waals surface area contributed by atoms with Crippen LogP contribution >= 0.6 is 7.82 Å². The number of esters is 2. The second-order valence-electron chi connectivity index (χ2n) is 15.7. The van der Waals surface area contributed by atoms with E-state index in [0.717, 1.165) is 51.4 Å². The van der Waals surface area contributed by atoms with E-state index in [4.69, 9.17) is 18.5 Å². The summed E-state index contributed by atoms with van der Waals surface area (Å²) in [5.41, 5.74) is 0. The maximum Gasteiger partial charge on any atom is 0.472 e. The van der Waals surface area contributed by atoms with E-state index in [1.807, 2.05) is 30.4 Å². The van der Waals surface area contributed by atoms with Crippen molar-refractivity contribution in [2.75, 3.05) is 13.2 Å². The lowest BCUT2D eigenvalue weighted by Crippen LogP contribution is -2.64. The fourth-order valence-electron chi connectivity index (χ4n) is 6.12. The number of hydrogen-bond donors (Lipinski definition) is 7. The van der Waals surface area contributed by atoms with E-state index in [-0.39, 0.29) is 25.7 Å². The summed E-state index contributed by atoms with van der Waals surface area (Å²) in [5.74, 6) is -1.41. The van der Waals surface area contributed by atoms with Gasteiger partial charge in [0.25, 0.3) is 0 Å². The second-order valence-corrected chi connectivity index (χ2v) is 17.1. The third-order valence-corrected chi connectivity index (χ3v) is 10.9. The first-order chi connectivity index (χ1) is 31.8. The highest BCUT2D eigenvalue weighted by Crippen LogP contribution is 2.47. The highest BCUT2D eigenvalue weighted by Gasteiger charge is 2.51. The minimum atomic E-state index is -5.19. The number of allylic oxidation sites excluding steroid dienone is 19. The van der Waals surface area contributed by atoms with Crippen LogP contribution in [0, 0.1) is 0 Å². The van der Waals surface area contributed by atoms with E-state index < -0.39 is 81.8 Å². The largest absolute Gasteiger partial charge is 0.472 e. The first-order valence-electron chi connectivity index (χ1n) is 23.4. The highest BCUT2D eigenvalue weighted by molar-refractivity contribution is 7.47. The van der Waals surface area contributed by atoms with Crippen LogP contribution in [-0.4, -0.2) is 110 Å². The lowest BCUT2D eigenvalue weighted by molar-refractivity contribution is -0.220. The minimum Gasteiger partial charge on any atom is -0.462 e. The first kappa shape index (κ1) is 60.2. The maximum atomic E-state index is 12.8. The molecule has 14 nitrogen and oxygen atoms in total. The fraction of sp³-hybridized carbons (Fsp3) is 0.569. The van der Waals surface area contributed by atoms with Crippen LogP contribution in [0.3, 0.4) is 0 Å². The fourth-order valence-corrected chi connectivity index (χ4v) is 7.09. The molecule has 372 valence electrons. The third-order valence-electron chi connectivity index (χ3n) is 9.90. The van der Waals surface area contributed by atoms with Gasteiger partial charge in [-0.15, -0.1) is 0 Å². The molecule has 0 amide bonds. The van der Waals surface area contributed by atoms with Gasteiger partial charge in [-0.1, -0.05) is 148 Å². The number of unbranched alkanes of at least 4 members (excludes halogenated alkanes) is 3. The molecule has 0 saturated heterocycles. The standard InChI is InChI=1S/C51H79O14P/c1-3-5-7-9-11-13-15-17-18-19-20-21-22-24-26-28-30-32-34-38-45(54)64-43(41-63-66(60,61)65-51-49(58)47(56)46(55)48(57)50(51)59)40-62-44(53)39-35-37-42(52)36-33-31-29-27-25-23-16-14-12-10-8-6-4-2/h5,7,11-14,17-18,20-21,23-26,29-33,36,42-43,46-52,55-59H,3-4,6,8-10,15-16,19,22,27-28,34-35,37-41H2,1-2H3,(H,60,61)/b7-5-,13-11-,14-12-,18-17-,21-20-,25-23-,26-24-,31-29-,32-30-,36-33+/t42-,43-,46?,47-,48+,49-,50-,51?/m1/s1. The summed E-state index contributed by atoms with van der Waals surface area (Å²) in [6.07, 6.45) is 38.5. The summed E-state index contributed by atoms with van der Waals surface area (Å²) in [7, 11) is -5.19. The van der Waals surface area contributed by atoms with Crippen molar-refractivity contribution < 1.29 is 68.2 Å². The minimum absolute atomic E-state index is 0.0768. The Morgan fingerprint density at radius 3 is 1.58 bits per heavy atom. The van der Waals surface area contributed by atoms with E-state index in [0.29, 0.717) is 12.8 Å². The van der Waals surface area contributed by atoms with Gasteiger partial charge < -0.3 is 45.0 Å². The Morgan fingerprint density at radius 1 is 0.561 bits per heavy atom. The molecule has 0 aromatic heterocycles. The molecular weight excluding hydrogens is 868 g/mol. The number of carbonyl (C=O) groups is 2. The lowest BCUT2D eigenvalue weighted by atomic mass is 9.85. The molecule has 1 saturated carbocycles. The summed E-state index contributed by atoms with van der Waals surface area (Å²) < 4.78 is 33.3. The number of phosphoric acid groups is 1. The zero-order valence-electron chi connectivity index (χ0n) is 39.0. The Kier molecular flexibility index (Phi) is 35.8. The van der Waals surface area contributed by atoms with E-state index in [1.165, 1.54) is 19.3 Å². The number of rotatable bonds is 36. The van der Waals surface area contributed by atoms with Crippen molar-refractivity contribution in [3.05, 3.63) is 122 Å². The number of carbonyl (C=O) groups excluding carboxylic acids is 2. The summed E-state index contributed by atoms with van der Waals surface area (Å²) >= 11 is 0. The molecule has 9 atom stereocenters. The Bertz CT molecular complexity index is 1630. The number of ether oxygens (including phenoxy) is 2.